The van der Waals surface area contributed by atoms with Crippen molar-refractivity contribution in [3.8, 4) is 0 Å². The van der Waals surface area contributed by atoms with Crippen molar-refractivity contribution in [1.82, 2.24) is 5.32 Å². The highest BCUT2D eigenvalue weighted by Gasteiger charge is 2.48. The average Bonchev–Trinajstić information content (AvgIpc) is 2.96. The van der Waals surface area contributed by atoms with Gasteiger partial charge < -0.3 is 11.1 Å². The molecule has 0 aliphatic heterocycles. The van der Waals surface area contributed by atoms with Crippen LogP contribution >= 0.6 is 0 Å². The van der Waals surface area contributed by atoms with E-state index in [1.165, 1.54) is 25.7 Å². The molecule has 96 valence electrons. The van der Waals surface area contributed by atoms with Crippen LogP contribution < -0.4 is 11.1 Å². The van der Waals surface area contributed by atoms with Crippen molar-refractivity contribution in [2.75, 3.05) is 6.54 Å². The molecule has 0 spiro atoms. The molecule has 0 saturated heterocycles. The molecule has 4 atom stereocenters. The number of hydrogen-bond donors (Lipinski definition) is 2. The van der Waals surface area contributed by atoms with Crippen molar-refractivity contribution < 1.29 is 4.79 Å². The monoisotopic (exact) mass is 236 g/mol. The topological polar surface area (TPSA) is 55.1 Å². The molecule has 3 heteroatoms. The number of carbonyl (C=O) groups is 1. The van der Waals surface area contributed by atoms with Gasteiger partial charge in [-0.3, -0.25) is 4.79 Å². The van der Waals surface area contributed by atoms with Crippen LogP contribution in [0.1, 0.15) is 44.9 Å². The molecule has 3 fully saturated rings. The van der Waals surface area contributed by atoms with Gasteiger partial charge in [0.15, 0.2) is 0 Å². The Labute approximate surface area is 104 Å². The molecule has 3 rings (SSSR count). The van der Waals surface area contributed by atoms with Gasteiger partial charge in [-0.25, -0.2) is 0 Å². The second kappa shape index (κ2) is 4.60. The Morgan fingerprint density at radius 3 is 2.53 bits per heavy atom. The van der Waals surface area contributed by atoms with Gasteiger partial charge in [0.2, 0.25) is 5.91 Å². The zero-order chi connectivity index (χ0) is 11.8. The summed E-state index contributed by atoms with van der Waals surface area (Å²) in [5.74, 6) is 2.94. The third kappa shape index (κ3) is 2.35. The van der Waals surface area contributed by atoms with E-state index in [-0.39, 0.29) is 0 Å². The van der Waals surface area contributed by atoms with Gasteiger partial charge in [0, 0.05) is 12.0 Å². The average molecular weight is 236 g/mol. The van der Waals surface area contributed by atoms with Gasteiger partial charge in [0.1, 0.15) is 0 Å². The molecule has 3 aliphatic carbocycles. The third-order valence-electron chi connectivity index (χ3n) is 5.15. The van der Waals surface area contributed by atoms with Gasteiger partial charge in [0.25, 0.3) is 0 Å². The lowest BCUT2D eigenvalue weighted by Gasteiger charge is -2.32. The number of amides is 1. The molecule has 0 aromatic rings. The van der Waals surface area contributed by atoms with Gasteiger partial charge >= 0.3 is 0 Å². The van der Waals surface area contributed by atoms with Crippen LogP contribution in [0, 0.1) is 23.7 Å². The zero-order valence-corrected chi connectivity index (χ0v) is 10.5. The van der Waals surface area contributed by atoms with Crippen LogP contribution in [0.25, 0.3) is 0 Å². The summed E-state index contributed by atoms with van der Waals surface area (Å²) >= 11 is 0. The summed E-state index contributed by atoms with van der Waals surface area (Å²) in [5, 5.41) is 3.28. The minimum atomic E-state index is 0.319. The molecule has 0 bridgehead atoms. The first-order valence-electron chi connectivity index (χ1n) is 7.28. The largest absolute Gasteiger partial charge is 0.353 e. The minimum Gasteiger partial charge on any atom is -0.353 e. The molecule has 4 unspecified atom stereocenters. The Kier molecular flexibility index (Phi) is 3.12. The zero-order valence-electron chi connectivity index (χ0n) is 10.5. The maximum Gasteiger partial charge on any atom is 0.223 e. The van der Waals surface area contributed by atoms with Crippen molar-refractivity contribution in [1.29, 1.82) is 0 Å². The van der Waals surface area contributed by atoms with E-state index in [0.29, 0.717) is 23.8 Å². The van der Waals surface area contributed by atoms with Gasteiger partial charge in [-0.1, -0.05) is 12.8 Å². The van der Waals surface area contributed by atoms with Crippen molar-refractivity contribution in [3.63, 3.8) is 0 Å². The van der Waals surface area contributed by atoms with Crippen molar-refractivity contribution in [2.24, 2.45) is 29.4 Å². The smallest absolute Gasteiger partial charge is 0.223 e. The number of carbonyl (C=O) groups excluding carboxylic acids is 1. The van der Waals surface area contributed by atoms with E-state index in [0.717, 1.165) is 37.6 Å². The maximum absolute atomic E-state index is 12.2. The minimum absolute atomic E-state index is 0.319. The van der Waals surface area contributed by atoms with E-state index in [9.17, 15) is 4.79 Å². The molecule has 0 heterocycles. The Hall–Kier alpha value is -0.570. The fourth-order valence-corrected chi connectivity index (χ4v) is 3.91. The first kappa shape index (κ1) is 11.5. The van der Waals surface area contributed by atoms with Gasteiger partial charge in [-0.2, -0.15) is 0 Å². The molecular formula is C14H24N2O. The standard InChI is InChI=1S/C14H24N2O/c15-8-9-3-1-2-4-13(9)16-14(17)12-6-10-5-11(10)7-12/h9-13H,1-8,15H2,(H,16,17). The number of hydrogen-bond acceptors (Lipinski definition) is 2. The second-order valence-corrected chi connectivity index (χ2v) is 6.32. The quantitative estimate of drug-likeness (QED) is 0.783. The Balaban J connectivity index is 1.52. The molecule has 3 N–H and O–H groups in total. The van der Waals surface area contributed by atoms with Crippen molar-refractivity contribution in [3.05, 3.63) is 0 Å². The normalized spacial score (nSPS) is 44.2. The SMILES string of the molecule is NCC1CCCCC1NC(=O)C1CC2CC2C1. The lowest BCUT2D eigenvalue weighted by atomic mass is 9.84. The van der Waals surface area contributed by atoms with E-state index >= 15 is 0 Å². The molecule has 1 amide bonds. The van der Waals surface area contributed by atoms with Crippen LogP contribution in [0.2, 0.25) is 0 Å². The molecule has 3 aliphatic rings. The Bertz CT molecular complexity index is 295. The van der Waals surface area contributed by atoms with Crippen LogP contribution in [-0.4, -0.2) is 18.5 Å². The van der Waals surface area contributed by atoms with Gasteiger partial charge in [-0.15, -0.1) is 0 Å². The molecule has 0 aromatic heterocycles. The van der Waals surface area contributed by atoms with Crippen LogP contribution in [-0.2, 0) is 4.79 Å². The summed E-state index contributed by atoms with van der Waals surface area (Å²) < 4.78 is 0. The second-order valence-electron chi connectivity index (χ2n) is 6.32. The summed E-state index contributed by atoms with van der Waals surface area (Å²) in [6, 6.07) is 0.359. The van der Waals surface area contributed by atoms with Crippen molar-refractivity contribution in [2.45, 2.75) is 51.0 Å². The number of rotatable bonds is 3. The highest BCUT2D eigenvalue weighted by Crippen LogP contribution is 2.54. The third-order valence-corrected chi connectivity index (χ3v) is 5.15. The summed E-state index contributed by atoms with van der Waals surface area (Å²) in [7, 11) is 0. The molecule has 3 saturated carbocycles. The summed E-state index contributed by atoms with van der Waals surface area (Å²) in [4.78, 5) is 12.2. The highest BCUT2D eigenvalue weighted by atomic mass is 16.2. The van der Waals surface area contributed by atoms with Crippen molar-refractivity contribution >= 4 is 5.91 Å². The molecule has 3 nitrogen and oxygen atoms in total. The van der Waals surface area contributed by atoms with E-state index in [1.54, 1.807) is 0 Å². The van der Waals surface area contributed by atoms with Crippen LogP contribution in [0.15, 0.2) is 0 Å². The molecule has 17 heavy (non-hydrogen) atoms. The van der Waals surface area contributed by atoms with E-state index in [2.05, 4.69) is 5.32 Å². The van der Waals surface area contributed by atoms with Gasteiger partial charge in [-0.05, 0) is 56.4 Å². The fourth-order valence-electron chi connectivity index (χ4n) is 3.91. The molecular weight excluding hydrogens is 212 g/mol. The number of nitrogens with one attached hydrogen (secondary N) is 1. The lowest BCUT2D eigenvalue weighted by molar-refractivity contribution is -0.126. The Morgan fingerprint density at radius 1 is 1.12 bits per heavy atom. The maximum atomic E-state index is 12.2. The predicted octanol–water partition coefficient (Wildman–Crippen LogP) is 1.67. The number of nitrogens with two attached hydrogens (primary N) is 1. The molecule has 0 radical (unpaired) electrons. The van der Waals surface area contributed by atoms with Crippen LogP contribution in [0.4, 0.5) is 0 Å². The van der Waals surface area contributed by atoms with Crippen LogP contribution in [0.5, 0.6) is 0 Å². The van der Waals surface area contributed by atoms with Gasteiger partial charge in [0.05, 0.1) is 0 Å². The summed E-state index contributed by atoms with van der Waals surface area (Å²) in [6.07, 6.45) is 8.54. The van der Waals surface area contributed by atoms with E-state index in [1.807, 2.05) is 0 Å². The summed E-state index contributed by atoms with van der Waals surface area (Å²) in [6.45, 7) is 0.723. The highest BCUT2D eigenvalue weighted by molar-refractivity contribution is 5.79. The predicted molar refractivity (Wildman–Crippen MR) is 67.3 cm³/mol. The fraction of sp³-hybridized carbons (Fsp3) is 0.929. The first-order chi connectivity index (χ1) is 8.28. The summed E-state index contributed by atoms with van der Waals surface area (Å²) in [5.41, 5.74) is 5.80. The number of fused-ring (bicyclic) bond motifs is 1. The van der Waals surface area contributed by atoms with E-state index in [4.69, 9.17) is 5.73 Å². The first-order valence-corrected chi connectivity index (χ1v) is 7.28. The Morgan fingerprint density at radius 2 is 1.82 bits per heavy atom. The van der Waals surface area contributed by atoms with Crippen LogP contribution in [0.3, 0.4) is 0 Å². The lowest BCUT2D eigenvalue weighted by Crippen LogP contribution is -2.46. The van der Waals surface area contributed by atoms with E-state index < -0.39 is 0 Å². The molecule has 0 aromatic carbocycles.